The molecule has 1 aromatic carbocycles. The van der Waals surface area contributed by atoms with Crippen LogP contribution in [0.4, 0.5) is 0 Å². The van der Waals surface area contributed by atoms with E-state index in [0.717, 1.165) is 30.0 Å². The smallest absolute Gasteiger partial charge is 0.226 e. The molecule has 2 aromatic rings. The van der Waals surface area contributed by atoms with E-state index in [0.29, 0.717) is 24.5 Å². The number of carbonyl (C=O) groups is 1. The van der Waals surface area contributed by atoms with E-state index in [2.05, 4.69) is 27.8 Å². The van der Waals surface area contributed by atoms with Gasteiger partial charge in [0.1, 0.15) is 0 Å². The van der Waals surface area contributed by atoms with Gasteiger partial charge < -0.3 is 10.6 Å². The molecule has 2 bridgehead atoms. The average Bonchev–Trinajstić information content (AvgIpc) is 3.14. The Balaban J connectivity index is 1.30. The Morgan fingerprint density at radius 1 is 1.21 bits per heavy atom. The fourth-order valence-electron chi connectivity index (χ4n) is 3.90. The predicted octanol–water partition coefficient (Wildman–Crippen LogP) is 2.68. The van der Waals surface area contributed by atoms with Crippen LogP contribution in [-0.2, 0) is 17.6 Å². The average molecular weight is 341 g/mol. The minimum absolute atomic E-state index is 0.109. The van der Waals surface area contributed by atoms with E-state index in [1.165, 1.54) is 18.4 Å². The highest BCUT2D eigenvalue weighted by atomic mass is 32.1. The normalized spacial score (nSPS) is 25.6. The van der Waals surface area contributed by atoms with Crippen molar-refractivity contribution in [2.24, 2.45) is 0 Å². The first-order valence-corrected chi connectivity index (χ1v) is 9.65. The largest absolute Gasteiger partial charge is 0.353 e. The monoisotopic (exact) mass is 341 g/mol. The van der Waals surface area contributed by atoms with Crippen molar-refractivity contribution in [3.05, 3.63) is 52.0 Å². The van der Waals surface area contributed by atoms with Crippen molar-refractivity contribution in [2.45, 2.75) is 56.7 Å². The highest BCUT2D eigenvalue weighted by molar-refractivity contribution is 7.09. The standard InChI is InChI=1S/C19H23N3OS/c23-18(21-16-9-14-6-7-15(10-16)20-14)11-17-12-24-19(22-17)8-13-4-2-1-3-5-13/h1-5,12,14-16,20H,6-11H2,(H,21,23). The van der Waals surface area contributed by atoms with Gasteiger partial charge >= 0.3 is 0 Å². The summed E-state index contributed by atoms with van der Waals surface area (Å²) in [7, 11) is 0. The van der Waals surface area contributed by atoms with Crippen molar-refractivity contribution >= 4 is 17.2 Å². The molecule has 0 aliphatic carbocycles. The fraction of sp³-hybridized carbons (Fsp3) is 0.474. The Labute approximate surface area is 146 Å². The molecule has 4 rings (SSSR count). The summed E-state index contributed by atoms with van der Waals surface area (Å²) in [5.41, 5.74) is 2.15. The summed E-state index contributed by atoms with van der Waals surface area (Å²) < 4.78 is 0. The van der Waals surface area contributed by atoms with Gasteiger partial charge in [-0.1, -0.05) is 30.3 Å². The number of aromatic nitrogens is 1. The molecule has 1 aromatic heterocycles. The van der Waals surface area contributed by atoms with Crippen molar-refractivity contribution in [2.75, 3.05) is 0 Å². The number of fused-ring (bicyclic) bond motifs is 2. The molecule has 2 unspecified atom stereocenters. The van der Waals surface area contributed by atoms with Crippen molar-refractivity contribution in [3.63, 3.8) is 0 Å². The summed E-state index contributed by atoms with van der Waals surface area (Å²) >= 11 is 1.64. The van der Waals surface area contributed by atoms with Gasteiger partial charge in [-0.3, -0.25) is 4.79 Å². The van der Waals surface area contributed by atoms with Gasteiger partial charge in [-0.15, -0.1) is 11.3 Å². The summed E-state index contributed by atoms with van der Waals surface area (Å²) in [6.45, 7) is 0. The predicted molar refractivity (Wildman–Crippen MR) is 96.2 cm³/mol. The molecule has 3 heterocycles. The number of rotatable bonds is 5. The second-order valence-corrected chi connectivity index (χ2v) is 7.89. The van der Waals surface area contributed by atoms with E-state index in [9.17, 15) is 4.79 Å². The lowest BCUT2D eigenvalue weighted by Gasteiger charge is -2.29. The SMILES string of the molecule is O=C(Cc1csc(Cc2ccccc2)n1)NC1CC2CCC(C1)N2. The molecule has 0 radical (unpaired) electrons. The summed E-state index contributed by atoms with van der Waals surface area (Å²) in [6, 6.07) is 11.9. The van der Waals surface area contributed by atoms with Gasteiger partial charge in [0.2, 0.25) is 5.91 Å². The summed E-state index contributed by atoms with van der Waals surface area (Å²) in [4.78, 5) is 16.9. The first-order chi connectivity index (χ1) is 11.7. The minimum atomic E-state index is 0.109. The molecule has 0 spiro atoms. The zero-order valence-electron chi connectivity index (χ0n) is 13.7. The number of hydrogen-bond acceptors (Lipinski definition) is 4. The third-order valence-corrected chi connectivity index (χ3v) is 5.87. The lowest BCUT2D eigenvalue weighted by molar-refractivity contribution is -0.121. The number of piperidine rings is 1. The van der Waals surface area contributed by atoms with Crippen LogP contribution < -0.4 is 10.6 Å². The molecule has 2 aliphatic rings. The lowest BCUT2D eigenvalue weighted by atomic mass is 9.99. The molecule has 2 aliphatic heterocycles. The molecule has 24 heavy (non-hydrogen) atoms. The highest BCUT2D eigenvalue weighted by Crippen LogP contribution is 2.26. The zero-order valence-corrected chi connectivity index (χ0v) is 14.5. The molecule has 5 heteroatoms. The maximum atomic E-state index is 12.3. The van der Waals surface area contributed by atoms with Gasteiger partial charge in [0.05, 0.1) is 17.1 Å². The maximum Gasteiger partial charge on any atom is 0.226 e. The van der Waals surface area contributed by atoms with E-state index < -0.39 is 0 Å². The summed E-state index contributed by atoms with van der Waals surface area (Å²) in [5, 5.41) is 9.91. The van der Waals surface area contributed by atoms with Gasteiger partial charge in [0.15, 0.2) is 0 Å². The zero-order chi connectivity index (χ0) is 16.4. The Kier molecular flexibility index (Phi) is 4.63. The molecule has 2 fully saturated rings. The Hall–Kier alpha value is -1.72. The third-order valence-electron chi connectivity index (χ3n) is 4.98. The maximum absolute atomic E-state index is 12.3. The molecule has 2 N–H and O–H groups in total. The third kappa shape index (κ3) is 3.84. The highest BCUT2D eigenvalue weighted by Gasteiger charge is 2.33. The van der Waals surface area contributed by atoms with Gasteiger partial charge in [0.25, 0.3) is 0 Å². The van der Waals surface area contributed by atoms with Crippen LogP contribution in [0.1, 0.15) is 41.9 Å². The lowest BCUT2D eigenvalue weighted by Crippen LogP contribution is -2.48. The number of carbonyl (C=O) groups excluding carboxylic acids is 1. The van der Waals surface area contributed by atoms with E-state index >= 15 is 0 Å². The molecular formula is C19H23N3OS. The van der Waals surface area contributed by atoms with Gasteiger partial charge in [-0.2, -0.15) is 0 Å². The number of nitrogens with zero attached hydrogens (tertiary/aromatic N) is 1. The molecule has 2 atom stereocenters. The van der Waals surface area contributed by atoms with Crippen molar-refractivity contribution in [3.8, 4) is 0 Å². The topological polar surface area (TPSA) is 54.0 Å². The molecule has 4 nitrogen and oxygen atoms in total. The van der Waals surface area contributed by atoms with Crippen LogP contribution >= 0.6 is 11.3 Å². The van der Waals surface area contributed by atoms with Crippen LogP contribution in [0, 0.1) is 0 Å². The number of hydrogen-bond donors (Lipinski definition) is 2. The summed E-state index contributed by atoms with van der Waals surface area (Å²) in [6.07, 6.45) is 5.88. The van der Waals surface area contributed by atoms with Crippen LogP contribution in [-0.4, -0.2) is 29.0 Å². The number of nitrogens with one attached hydrogen (secondary N) is 2. The van der Waals surface area contributed by atoms with Gasteiger partial charge in [0, 0.05) is 29.9 Å². The fourth-order valence-corrected chi connectivity index (χ4v) is 4.73. The van der Waals surface area contributed by atoms with E-state index in [1.54, 1.807) is 11.3 Å². The number of amides is 1. The second-order valence-electron chi connectivity index (χ2n) is 6.95. The van der Waals surface area contributed by atoms with E-state index in [4.69, 9.17) is 0 Å². The molecular weight excluding hydrogens is 318 g/mol. The van der Waals surface area contributed by atoms with E-state index in [-0.39, 0.29) is 5.91 Å². The van der Waals surface area contributed by atoms with Crippen LogP contribution in [0.5, 0.6) is 0 Å². The number of benzene rings is 1. The summed E-state index contributed by atoms with van der Waals surface area (Å²) in [5.74, 6) is 0.109. The molecule has 0 saturated carbocycles. The Morgan fingerprint density at radius 2 is 1.96 bits per heavy atom. The van der Waals surface area contributed by atoms with Crippen LogP contribution in [0.15, 0.2) is 35.7 Å². The second kappa shape index (κ2) is 7.03. The molecule has 126 valence electrons. The molecule has 2 saturated heterocycles. The van der Waals surface area contributed by atoms with E-state index in [1.807, 2.05) is 23.6 Å². The van der Waals surface area contributed by atoms with Gasteiger partial charge in [-0.25, -0.2) is 4.98 Å². The number of thiazole rings is 1. The van der Waals surface area contributed by atoms with Crippen molar-refractivity contribution < 1.29 is 4.79 Å². The minimum Gasteiger partial charge on any atom is -0.353 e. The van der Waals surface area contributed by atoms with Crippen LogP contribution in [0.25, 0.3) is 0 Å². The Bertz CT molecular complexity index is 688. The van der Waals surface area contributed by atoms with Gasteiger partial charge in [-0.05, 0) is 31.2 Å². The van der Waals surface area contributed by atoms with Crippen LogP contribution in [0.3, 0.4) is 0 Å². The first-order valence-electron chi connectivity index (χ1n) is 8.77. The Morgan fingerprint density at radius 3 is 2.71 bits per heavy atom. The van der Waals surface area contributed by atoms with Crippen molar-refractivity contribution in [1.82, 2.24) is 15.6 Å². The molecule has 1 amide bonds. The van der Waals surface area contributed by atoms with Crippen LogP contribution in [0.2, 0.25) is 0 Å². The quantitative estimate of drug-likeness (QED) is 0.879. The first kappa shape index (κ1) is 15.8. The van der Waals surface area contributed by atoms with Crippen molar-refractivity contribution in [1.29, 1.82) is 0 Å².